The van der Waals surface area contributed by atoms with Crippen LogP contribution in [0.4, 0.5) is 4.39 Å². The summed E-state index contributed by atoms with van der Waals surface area (Å²) >= 11 is 5.77. The van der Waals surface area contributed by atoms with E-state index in [0.29, 0.717) is 32.6 Å². The first kappa shape index (κ1) is 19.2. The van der Waals surface area contributed by atoms with Crippen molar-refractivity contribution in [1.29, 1.82) is 0 Å². The van der Waals surface area contributed by atoms with Crippen LogP contribution in [0.2, 0.25) is 5.02 Å². The van der Waals surface area contributed by atoms with E-state index in [1.165, 1.54) is 12.1 Å². The smallest absolute Gasteiger partial charge is 0.228 e. The Bertz CT molecular complexity index is 522. The zero-order chi connectivity index (χ0) is 15.5. The van der Waals surface area contributed by atoms with Crippen LogP contribution in [0.1, 0.15) is 31.4 Å². The lowest BCUT2D eigenvalue weighted by Crippen LogP contribution is -2.49. The predicted molar refractivity (Wildman–Crippen MR) is 86.8 cm³/mol. The minimum absolute atomic E-state index is 0. The third kappa shape index (κ3) is 4.10. The lowest BCUT2D eigenvalue weighted by atomic mass is 9.79. The molecule has 0 bridgehead atoms. The lowest BCUT2D eigenvalue weighted by Gasteiger charge is -2.35. The Labute approximate surface area is 140 Å². The van der Waals surface area contributed by atoms with E-state index in [9.17, 15) is 9.18 Å². The highest BCUT2D eigenvalue weighted by molar-refractivity contribution is 6.30. The average Bonchev–Trinajstić information content (AvgIpc) is 2.50. The number of nitrogens with two attached hydrogens (primary N) is 1. The normalized spacial score (nSPS) is 18.2. The summed E-state index contributed by atoms with van der Waals surface area (Å²) in [6.07, 6.45) is 1.23. The van der Waals surface area contributed by atoms with Crippen LogP contribution in [0.25, 0.3) is 0 Å². The van der Waals surface area contributed by atoms with Crippen LogP contribution in [0.5, 0.6) is 0 Å². The molecule has 1 aromatic carbocycles. The molecule has 1 unspecified atom stereocenters. The largest absolute Gasteiger partial charge is 0.381 e. The molecule has 0 aromatic heterocycles. The molecule has 4 nitrogen and oxygen atoms in total. The summed E-state index contributed by atoms with van der Waals surface area (Å²) in [5.74, 6) is -0.553. The van der Waals surface area contributed by atoms with Gasteiger partial charge in [0.05, 0.1) is 16.5 Å². The predicted octanol–water partition coefficient (Wildman–Crippen LogP) is 2.83. The van der Waals surface area contributed by atoms with Crippen molar-refractivity contribution in [3.63, 3.8) is 0 Å². The fraction of sp³-hybridized carbons (Fsp3) is 0.533. The van der Waals surface area contributed by atoms with E-state index < -0.39 is 11.2 Å². The zero-order valence-corrected chi connectivity index (χ0v) is 14.0. The van der Waals surface area contributed by atoms with E-state index in [1.54, 1.807) is 6.07 Å². The maximum Gasteiger partial charge on any atom is 0.228 e. The summed E-state index contributed by atoms with van der Waals surface area (Å²) in [6.45, 7) is 3.22. The van der Waals surface area contributed by atoms with E-state index in [-0.39, 0.29) is 29.4 Å². The number of hydrogen-bond donors (Lipinski definition) is 2. The fourth-order valence-electron chi connectivity index (χ4n) is 2.50. The number of rotatable bonds is 4. The van der Waals surface area contributed by atoms with E-state index >= 15 is 0 Å². The van der Waals surface area contributed by atoms with E-state index in [1.807, 2.05) is 6.92 Å². The highest BCUT2D eigenvalue weighted by Gasteiger charge is 2.39. The molecule has 124 valence electrons. The standard InChI is InChI=1S/C15H20ClFN2O2.ClH/c1-10(11-2-3-13(17)12(16)8-11)19-14(20)15(9-18)4-6-21-7-5-15;/h2-3,8,10H,4-7,9,18H2,1H3,(H,19,20);1H. The zero-order valence-electron chi connectivity index (χ0n) is 12.4. The van der Waals surface area contributed by atoms with E-state index in [0.717, 1.165) is 5.56 Å². The SMILES string of the molecule is CC(NC(=O)C1(CN)CCOCC1)c1ccc(F)c(Cl)c1.Cl. The molecular weight excluding hydrogens is 330 g/mol. The van der Waals surface area contributed by atoms with Crippen molar-refractivity contribution in [2.24, 2.45) is 11.1 Å². The van der Waals surface area contributed by atoms with Crippen LogP contribution < -0.4 is 11.1 Å². The Morgan fingerprint density at radius 1 is 1.50 bits per heavy atom. The van der Waals surface area contributed by atoms with Crippen molar-refractivity contribution in [1.82, 2.24) is 5.32 Å². The van der Waals surface area contributed by atoms with Crippen LogP contribution in [0.15, 0.2) is 18.2 Å². The number of benzene rings is 1. The number of hydrogen-bond acceptors (Lipinski definition) is 3. The molecule has 1 aliphatic heterocycles. The fourth-order valence-corrected chi connectivity index (χ4v) is 2.69. The number of carbonyl (C=O) groups excluding carboxylic acids is 1. The highest BCUT2D eigenvalue weighted by atomic mass is 35.5. The Hall–Kier alpha value is -0.880. The second-order valence-corrected chi connectivity index (χ2v) is 5.87. The molecule has 1 saturated heterocycles. The molecule has 3 N–H and O–H groups in total. The van der Waals surface area contributed by atoms with Crippen LogP contribution in [-0.4, -0.2) is 25.7 Å². The molecule has 0 saturated carbocycles. The first-order chi connectivity index (χ1) is 9.98. The number of ether oxygens (including phenoxy) is 1. The van der Waals surface area contributed by atoms with Gasteiger partial charge in [-0.25, -0.2) is 4.39 Å². The molecule has 0 aliphatic carbocycles. The minimum Gasteiger partial charge on any atom is -0.381 e. The van der Waals surface area contributed by atoms with Gasteiger partial charge >= 0.3 is 0 Å². The van der Waals surface area contributed by atoms with E-state index in [2.05, 4.69) is 5.32 Å². The summed E-state index contributed by atoms with van der Waals surface area (Å²) in [4.78, 5) is 12.5. The number of nitrogens with one attached hydrogen (secondary N) is 1. The maximum atomic E-state index is 13.2. The van der Waals surface area contributed by atoms with Gasteiger partial charge in [-0.2, -0.15) is 0 Å². The first-order valence-electron chi connectivity index (χ1n) is 7.02. The Kier molecular flexibility index (Phi) is 7.06. The number of halogens is 3. The van der Waals surface area contributed by atoms with Gasteiger partial charge in [-0.15, -0.1) is 12.4 Å². The van der Waals surface area contributed by atoms with Crippen molar-refractivity contribution in [2.75, 3.05) is 19.8 Å². The molecule has 0 radical (unpaired) electrons. The number of carbonyl (C=O) groups is 1. The molecule has 1 fully saturated rings. The van der Waals surface area contributed by atoms with E-state index in [4.69, 9.17) is 22.1 Å². The second-order valence-electron chi connectivity index (χ2n) is 5.47. The van der Waals surface area contributed by atoms with Crippen molar-refractivity contribution >= 4 is 29.9 Å². The molecule has 1 heterocycles. The first-order valence-corrected chi connectivity index (χ1v) is 7.40. The lowest BCUT2D eigenvalue weighted by molar-refractivity contribution is -0.136. The molecule has 1 atom stereocenters. The van der Waals surface area contributed by atoms with Crippen LogP contribution in [0.3, 0.4) is 0 Å². The minimum atomic E-state index is -0.573. The van der Waals surface area contributed by atoms with Crippen molar-refractivity contribution in [3.05, 3.63) is 34.6 Å². The van der Waals surface area contributed by atoms with Gasteiger partial charge in [0.25, 0.3) is 0 Å². The second kappa shape index (κ2) is 8.11. The molecule has 1 aromatic rings. The van der Waals surface area contributed by atoms with Crippen LogP contribution >= 0.6 is 24.0 Å². The summed E-state index contributed by atoms with van der Waals surface area (Å²) in [5, 5.41) is 3.00. The van der Waals surface area contributed by atoms with Crippen LogP contribution in [0, 0.1) is 11.2 Å². The van der Waals surface area contributed by atoms with Gasteiger partial charge in [0.15, 0.2) is 0 Å². The van der Waals surface area contributed by atoms with Crippen LogP contribution in [-0.2, 0) is 9.53 Å². The van der Waals surface area contributed by atoms with Gasteiger partial charge in [0.1, 0.15) is 5.82 Å². The van der Waals surface area contributed by atoms with Gasteiger partial charge in [-0.3, -0.25) is 4.79 Å². The van der Waals surface area contributed by atoms with Gasteiger partial charge in [0, 0.05) is 19.8 Å². The molecular formula is C15H21Cl2FN2O2. The summed E-state index contributed by atoms with van der Waals surface area (Å²) in [5.41, 5.74) is 6.00. The Morgan fingerprint density at radius 3 is 2.68 bits per heavy atom. The van der Waals surface area contributed by atoms with Crippen molar-refractivity contribution in [3.8, 4) is 0 Å². The monoisotopic (exact) mass is 350 g/mol. The molecule has 1 aliphatic rings. The Morgan fingerprint density at radius 2 is 2.14 bits per heavy atom. The highest BCUT2D eigenvalue weighted by Crippen LogP contribution is 2.31. The Balaban J connectivity index is 0.00000242. The van der Waals surface area contributed by atoms with Gasteiger partial charge < -0.3 is 15.8 Å². The molecule has 22 heavy (non-hydrogen) atoms. The molecule has 1 amide bonds. The third-order valence-electron chi connectivity index (χ3n) is 4.11. The molecule has 2 rings (SSSR count). The van der Waals surface area contributed by atoms with Crippen molar-refractivity contribution in [2.45, 2.75) is 25.8 Å². The summed E-state index contributed by atoms with van der Waals surface area (Å²) in [6, 6.07) is 4.18. The van der Waals surface area contributed by atoms with Gasteiger partial charge in [0.2, 0.25) is 5.91 Å². The average molecular weight is 351 g/mol. The quantitative estimate of drug-likeness (QED) is 0.877. The summed E-state index contributed by atoms with van der Waals surface area (Å²) in [7, 11) is 0. The maximum absolute atomic E-state index is 13.2. The molecule has 7 heteroatoms. The molecule has 0 spiro atoms. The topological polar surface area (TPSA) is 64.4 Å². The van der Waals surface area contributed by atoms with Gasteiger partial charge in [-0.1, -0.05) is 17.7 Å². The van der Waals surface area contributed by atoms with Crippen molar-refractivity contribution < 1.29 is 13.9 Å². The number of amides is 1. The van der Waals surface area contributed by atoms with Gasteiger partial charge in [-0.05, 0) is 37.5 Å². The summed E-state index contributed by atoms with van der Waals surface area (Å²) < 4.78 is 18.5. The third-order valence-corrected chi connectivity index (χ3v) is 4.40.